The first-order valence-corrected chi connectivity index (χ1v) is 5.60. The van der Waals surface area contributed by atoms with Crippen LogP contribution in [-0.4, -0.2) is 11.2 Å². The minimum absolute atomic E-state index is 0.136. The van der Waals surface area contributed by atoms with E-state index in [1.54, 1.807) is 0 Å². The molecule has 1 aliphatic rings. The molecular formula is C12H22O. The Morgan fingerprint density at radius 3 is 2.46 bits per heavy atom. The highest BCUT2D eigenvalue weighted by atomic mass is 16.3. The average Bonchev–Trinajstić information content (AvgIpc) is 2.21. The fourth-order valence-corrected chi connectivity index (χ4v) is 2.37. The Morgan fingerprint density at radius 2 is 2.00 bits per heavy atom. The van der Waals surface area contributed by atoms with Crippen molar-refractivity contribution in [2.24, 2.45) is 11.8 Å². The van der Waals surface area contributed by atoms with Crippen LogP contribution >= 0.6 is 0 Å². The van der Waals surface area contributed by atoms with Gasteiger partial charge in [-0.3, -0.25) is 0 Å². The summed E-state index contributed by atoms with van der Waals surface area (Å²) in [6.45, 7) is 5.91. The molecule has 0 spiro atoms. The normalized spacial score (nSPS) is 23.8. The predicted octanol–water partition coefficient (Wildman–Crippen LogP) is 3.14. The average molecular weight is 182 g/mol. The lowest BCUT2D eigenvalue weighted by Gasteiger charge is -2.30. The van der Waals surface area contributed by atoms with Crippen molar-refractivity contribution in [2.75, 3.05) is 0 Å². The lowest BCUT2D eigenvalue weighted by Crippen LogP contribution is -2.29. The summed E-state index contributed by atoms with van der Waals surface area (Å²) in [6.07, 6.45) is 9.18. The SMILES string of the molecule is C=C[C@H](CC)[C@H](O)C1CCCCC1. The zero-order chi connectivity index (χ0) is 9.68. The van der Waals surface area contributed by atoms with Crippen LogP contribution in [-0.2, 0) is 0 Å². The Hall–Kier alpha value is -0.300. The Morgan fingerprint density at radius 1 is 1.38 bits per heavy atom. The summed E-state index contributed by atoms with van der Waals surface area (Å²) in [6, 6.07) is 0. The zero-order valence-corrected chi connectivity index (χ0v) is 8.71. The van der Waals surface area contributed by atoms with Crippen molar-refractivity contribution >= 4 is 0 Å². The molecule has 1 nitrogen and oxygen atoms in total. The van der Waals surface area contributed by atoms with Gasteiger partial charge in [-0.1, -0.05) is 32.3 Å². The summed E-state index contributed by atoms with van der Waals surface area (Å²) in [4.78, 5) is 0. The van der Waals surface area contributed by atoms with Crippen LogP contribution < -0.4 is 0 Å². The number of hydrogen-bond donors (Lipinski definition) is 1. The maximum atomic E-state index is 10.1. The van der Waals surface area contributed by atoms with Crippen molar-refractivity contribution in [1.29, 1.82) is 0 Å². The van der Waals surface area contributed by atoms with Crippen LogP contribution in [0.5, 0.6) is 0 Å². The number of rotatable bonds is 4. The van der Waals surface area contributed by atoms with Gasteiger partial charge >= 0.3 is 0 Å². The van der Waals surface area contributed by atoms with Crippen molar-refractivity contribution < 1.29 is 5.11 Å². The van der Waals surface area contributed by atoms with E-state index < -0.39 is 0 Å². The third-order valence-corrected chi connectivity index (χ3v) is 3.35. The lowest BCUT2D eigenvalue weighted by molar-refractivity contribution is 0.0487. The first kappa shape index (κ1) is 10.8. The topological polar surface area (TPSA) is 20.2 Å². The van der Waals surface area contributed by atoms with Crippen molar-refractivity contribution in [1.82, 2.24) is 0 Å². The fourth-order valence-electron chi connectivity index (χ4n) is 2.37. The van der Waals surface area contributed by atoms with Crippen LogP contribution in [0.1, 0.15) is 45.4 Å². The Kier molecular flexibility index (Phi) is 4.51. The minimum Gasteiger partial charge on any atom is -0.392 e. The van der Waals surface area contributed by atoms with Crippen molar-refractivity contribution in [3.8, 4) is 0 Å². The molecule has 0 aromatic carbocycles. The highest BCUT2D eigenvalue weighted by molar-refractivity contribution is 4.88. The van der Waals surface area contributed by atoms with Gasteiger partial charge in [-0.05, 0) is 25.2 Å². The van der Waals surface area contributed by atoms with Crippen LogP contribution in [0.15, 0.2) is 12.7 Å². The molecule has 1 heteroatoms. The lowest BCUT2D eigenvalue weighted by atomic mass is 9.80. The third kappa shape index (κ3) is 2.84. The maximum absolute atomic E-state index is 10.1. The quantitative estimate of drug-likeness (QED) is 0.662. The van der Waals surface area contributed by atoms with Gasteiger partial charge in [-0.15, -0.1) is 6.58 Å². The van der Waals surface area contributed by atoms with Gasteiger partial charge in [0.05, 0.1) is 6.10 Å². The largest absolute Gasteiger partial charge is 0.392 e. The monoisotopic (exact) mass is 182 g/mol. The molecule has 0 amide bonds. The summed E-state index contributed by atoms with van der Waals surface area (Å²) < 4.78 is 0. The molecule has 0 radical (unpaired) electrons. The molecule has 0 aromatic heterocycles. The highest BCUT2D eigenvalue weighted by Crippen LogP contribution is 2.30. The Labute approximate surface area is 81.9 Å². The minimum atomic E-state index is -0.136. The fraction of sp³-hybridized carbons (Fsp3) is 0.833. The van der Waals surface area contributed by atoms with E-state index in [1.165, 1.54) is 32.1 Å². The van der Waals surface area contributed by atoms with Gasteiger partial charge in [-0.25, -0.2) is 0 Å². The Bertz CT molecular complexity index is 147. The molecule has 1 aliphatic carbocycles. The summed E-state index contributed by atoms with van der Waals surface area (Å²) in [7, 11) is 0. The van der Waals surface area contributed by atoms with Crippen molar-refractivity contribution in [3.05, 3.63) is 12.7 Å². The molecule has 13 heavy (non-hydrogen) atoms. The first-order chi connectivity index (χ1) is 6.29. The van der Waals surface area contributed by atoms with E-state index in [2.05, 4.69) is 13.5 Å². The molecule has 0 aromatic rings. The molecule has 0 bridgehead atoms. The first-order valence-electron chi connectivity index (χ1n) is 5.60. The molecule has 0 saturated heterocycles. The van der Waals surface area contributed by atoms with Gasteiger partial charge < -0.3 is 5.11 Å². The second-order valence-electron chi connectivity index (χ2n) is 4.20. The van der Waals surface area contributed by atoms with Crippen LogP contribution in [0.3, 0.4) is 0 Å². The van der Waals surface area contributed by atoms with E-state index in [1.807, 2.05) is 6.08 Å². The smallest absolute Gasteiger partial charge is 0.0630 e. The van der Waals surface area contributed by atoms with Gasteiger partial charge in [0.1, 0.15) is 0 Å². The second kappa shape index (κ2) is 5.43. The van der Waals surface area contributed by atoms with Crippen LogP contribution in [0.4, 0.5) is 0 Å². The van der Waals surface area contributed by atoms with Crippen LogP contribution in [0, 0.1) is 11.8 Å². The molecule has 0 unspecified atom stereocenters. The van der Waals surface area contributed by atoms with Crippen LogP contribution in [0.2, 0.25) is 0 Å². The van der Waals surface area contributed by atoms with Gasteiger partial charge in [0.25, 0.3) is 0 Å². The highest BCUT2D eigenvalue weighted by Gasteiger charge is 2.25. The van der Waals surface area contributed by atoms with E-state index in [9.17, 15) is 5.11 Å². The molecule has 0 heterocycles. The zero-order valence-electron chi connectivity index (χ0n) is 8.71. The van der Waals surface area contributed by atoms with Crippen LogP contribution in [0.25, 0.3) is 0 Å². The van der Waals surface area contributed by atoms with Crippen molar-refractivity contribution in [3.63, 3.8) is 0 Å². The van der Waals surface area contributed by atoms with Gasteiger partial charge in [0.15, 0.2) is 0 Å². The predicted molar refractivity (Wildman–Crippen MR) is 56.6 cm³/mol. The van der Waals surface area contributed by atoms with Gasteiger partial charge in [0.2, 0.25) is 0 Å². The summed E-state index contributed by atoms with van der Waals surface area (Å²) in [5.41, 5.74) is 0. The molecule has 0 aliphatic heterocycles. The molecular weight excluding hydrogens is 160 g/mol. The summed E-state index contributed by atoms with van der Waals surface area (Å²) in [5, 5.41) is 10.1. The molecule has 1 fully saturated rings. The van der Waals surface area contributed by atoms with Gasteiger partial charge in [0, 0.05) is 5.92 Å². The van der Waals surface area contributed by atoms with Crippen molar-refractivity contribution in [2.45, 2.75) is 51.6 Å². The van der Waals surface area contributed by atoms with E-state index >= 15 is 0 Å². The molecule has 1 N–H and O–H groups in total. The number of aliphatic hydroxyl groups is 1. The molecule has 1 saturated carbocycles. The second-order valence-corrected chi connectivity index (χ2v) is 4.20. The molecule has 76 valence electrons. The molecule has 2 atom stereocenters. The number of hydrogen-bond acceptors (Lipinski definition) is 1. The van der Waals surface area contributed by atoms with E-state index in [4.69, 9.17) is 0 Å². The summed E-state index contributed by atoms with van der Waals surface area (Å²) >= 11 is 0. The van der Waals surface area contributed by atoms with E-state index in [0.717, 1.165) is 6.42 Å². The van der Waals surface area contributed by atoms with Gasteiger partial charge in [-0.2, -0.15) is 0 Å². The standard InChI is InChI=1S/C12H22O/c1-3-10(4-2)12(13)11-8-6-5-7-9-11/h3,10-13H,1,4-9H2,2H3/t10-,12+/m1/s1. The molecule has 1 rings (SSSR count). The maximum Gasteiger partial charge on any atom is 0.0630 e. The Balaban J connectivity index is 2.43. The van der Waals surface area contributed by atoms with E-state index in [0.29, 0.717) is 11.8 Å². The van der Waals surface area contributed by atoms with E-state index in [-0.39, 0.29) is 6.10 Å². The number of aliphatic hydroxyl groups excluding tert-OH is 1. The summed E-state index contributed by atoms with van der Waals surface area (Å²) in [5.74, 6) is 0.847. The third-order valence-electron chi connectivity index (χ3n) is 3.35.